The first-order valence-electron chi connectivity index (χ1n) is 10.9. The molecule has 33 heavy (non-hydrogen) atoms. The largest absolute Gasteiger partial charge is 0.573 e. The van der Waals surface area contributed by atoms with Crippen LogP contribution in [-0.2, 0) is 6.54 Å². The van der Waals surface area contributed by atoms with E-state index in [2.05, 4.69) is 10.1 Å². The molecule has 178 valence electrons. The third-order valence-corrected chi connectivity index (χ3v) is 4.62. The number of aromatic nitrogens is 1. The van der Waals surface area contributed by atoms with Gasteiger partial charge >= 0.3 is 6.36 Å². The van der Waals surface area contributed by atoms with Crippen LogP contribution in [0.3, 0.4) is 0 Å². The van der Waals surface area contributed by atoms with E-state index in [-0.39, 0.29) is 11.7 Å². The zero-order chi connectivity index (χ0) is 24.6. The molecule has 0 saturated heterocycles. The lowest BCUT2D eigenvalue weighted by atomic mass is 10.00. The van der Waals surface area contributed by atoms with E-state index in [1.165, 1.54) is 18.2 Å². The Morgan fingerprint density at radius 3 is 2.33 bits per heavy atom. The number of carbonyl (C=O) groups is 1. The van der Waals surface area contributed by atoms with Gasteiger partial charge in [-0.05, 0) is 48.9 Å². The van der Waals surface area contributed by atoms with Crippen molar-refractivity contribution in [2.45, 2.75) is 40.6 Å². The van der Waals surface area contributed by atoms with Crippen LogP contribution in [0.4, 0.5) is 13.2 Å². The molecule has 0 fully saturated rings. The molecule has 2 aromatic carbocycles. The Hall–Kier alpha value is -3.26. The number of hydrogen-bond donors (Lipinski definition) is 2. The normalized spacial score (nSPS) is 12.4. The van der Waals surface area contributed by atoms with Gasteiger partial charge in [-0.25, -0.2) is 0 Å². The van der Waals surface area contributed by atoms with Crippen molar-refractivity contribution in [2.75, 3.05) is 13.1 Å². The number of ether oxygens (including phenoxy) is 1. The fourth-order valence-electron chi connectivity index (χ4n) is 3.53. The number of aryl methyl sites for hydroxylation is 1. The Kier molecular flexibility index (Phi) is 9.11. The molecule has 0 bridgehead atoms. The molecule has 0 unspecified atom stereocenters. The van der Waals surface area contributed by atoms with E-state index >= 15 is 0 Å². The van der Waals surface area contributed by atoms with Gasteiger partial charge in [0.25, 0.3) is 5.91 Å². The van der Waals surface area contributed by atoms with Crippen molar-refractivity contribution in [2.24, 2.45) is 5.73 Å². The van der Waals surface area contributed by atoms with E-state index < -0.39 is 6.36 Å². The van der Waals surface area contributed by atoms with Gasteiger partial charge in [-0.3, -0.25) is 4.79 Å². The van der Waals surface area contributed by atoms with Crippen molar-refractivity contribution in [3.8, 4) is 28.1 Å². The van der Waals surface area contributed by atoms with Crippen LogP contribution < -0.4 is 15.8 Å². The highest BCUT2D eigenvalue weighted by Gasteiger charge is 2.31. The number of fused-ring (bicyclic) bond motifs is 1. The maximum atomic E-state index is 12.6. The van der Waals surface area contributed by atoms with Crippen LogP contribution in [0.1, 0.15) is 36.8 Å². The number of hydrogen-bond acceptors (Lipinski definition) is 3. The second kappa shape index (κ2) is 11.6. The average Bonchev–Trinajstić information content (AvgIpc) is 3.16. The monoisotopic (exact) mass is 461 g/mol. The first kappa shape index (κ1) is 26.0. The van der Waals surface area contributed by atoms with Gasteiger partial charge in [0.1, 0.15) is 11.4 Å². The van der Waals surface area contributed by atoms with Crippen LogP contribution in [0.15, 0.2) is 54.6 Å². The third-order valence-electron chi connectivity index (χ3n) is 4.62. The SMILES string of the molecule is CC.CCN.Cc1cccc(-c2c(-c3cccc(OC(F)(F)F)c3)cc3n2CCNC3=O)c1. The van der Waals surface area contributed by atoms with Gasteiger partial charge < -0.3 is 20.4 Å². The van der Waals surface area contributed by atoms with Gasteiger partial charge in [0.05, 0.1) is 5.69 Å². The van der Waals surface area contributed by atoms with Gasteiger partial charge in [0.2, 0.25) is 0 Å². The minimum absolute atomic E-state index is 0.200. The second-order valence-corrected chi connectivity index (χ2v) is 7.05. The highest BCUT2D eigenvalue weighted by atomic mass is 19.4. The minimum Gasteiger partial charge on any atom is -0.406 e. The summed E-state index contributed by atoms with van der Waals surface area (Å²) in [4.78, 5) is 12.3. The predicted octanol–water partition coefficient (Wildman–Crippen LogP) is 5.76. The first-order valence-corrected chi connectivity index (χ1v) is 10.9. The molecule has 0 saturated carbocycles. The lowest BCUT2D eigenvalue weighted by Gasteiger charge is -2.19. The Morgan fingerprint density at radius 2 is 1.70 bits per heavy atom. The molecular formula is C25H30F3N3O2. The summed E-state index contributed by atoms with van der Waals surface area (Å²) in [6.07, 6.45) is -4.77. The Labute approximate surface area is 192 Å². The molecule has 1 aliphatic rings. The van der Waals surface area contributed by atoms with Gasteiger partial charge in [0.15, 0.2) is 0 Å². The summed E-state index contributed by atoms with van der Waals surface area (Å²) < 4.78 is 43.8. The van der Waals surface area contributed by atoms with E-state index in [1.807, 2.05) is 56.5 Å². The highest BCUT2D eigenvalue weighted by molar-refractivity contribution is 5.98. The third kappa shape index (κ3) is 6.61. The summed E-state index contributed by atoms with van der Waals surface area (Å²) in [5.74, 6) is -0.497. The van der Waals surface area contributed by atoms with Crippen molar-refractivity contribution >= 4 is 5.91 Å². The summed E-state index contributed by atoms with van der Waals surface area (Å²) in [6.45, 7) is 9.70. The number of nitrogens with two attached hydrogens (primary N) is 1. The Balaban J connectivity index is 0.000000714. The smallest absolute Gasteiger partial charge is 0.406 e. The van der Waals surface area contributed by atoms with Gasteiger partial charge in [-0.15, -0.1) is 13.2 Å². The van der Waals surface area contributed by atoms with Gasteiger partial charge in [-0.1, -0.05) is 56.7 Å². The molecule has 8 heteroatoms. The summed E-state index contributed by atoms with van der Waals surface area (Å²) in [5.41, 5.74) is 9.32. The molecule has 0 atom stereocenters. The topological polar surface area (TPSA) is 69.3 Å². The lowest BCUT2D eigenvalue weighted by Crippen LogP contribution is -2.35. The molecule has 4 rings (SSSR count). The molecule has 1 amide bonds. The molecule has 0 aliphatic carbocycles. The minimum atomic E-state index is -4.77. The summed E-state index contributed by atoms with van der Waals surface area (Å²) in [7, 11) is 0. The average molecular weight is 462 g/mol. The van der Waals surface area contributed by atoms with Crippen molar-refractivity contribution in [1.82, 2.24) is 9.88 Å². The van der Waals surface area contributed by atoms with E-state index in [1.54, 1.807) is 12.1 Å². The molecule has 2 heterocycles. The lowest BCUT2D eigenvalue weighted by molar-refractivity contribution is -0.274. The highest BCUT2D eigenvalue weighted by Crippen LogP contribution is 2.38. The molecule has 3 N–H and O–H groups in total. The van der Waals surface area contributed by atoms with E-state index in [0.29, 0.717) is 29.9 Å². The second-order valence-electron chi connectivity index (χ2n) is 7.05. The Morgan fingerprint density at radius 1 is 1.06 bits per heavy atom. The number of rotatable bonds is 3. The first-order chi connectivity index (χ1) is 15.7. The number of amides is 1. The van der Waals surface area contributed by atoms with Gasteiger partial charge in [-0.2, -0.15) is 0 Å². The zero-order valence-electron chi connectivity index (χ0n) is 19.3. The van der Waals surface area contributed by atoms with Crippen LogP contribution in [0.2, 0.25) is 0 Å². The van der Waals surface area contributed by atoms with E-state index in [4.69, 9.17) is 5.73 Å². The van der Waals surface area contributed by atoms with Crippen molar-refractivity contribution < 1.29 is 22.7 Å². The number of carbonyl (C=O) groups excluding carboxylic acids is 1. The molecule has 3 aromatic rings. The van der Waals surface area contributed by atoms with Crippen molar-refractivity contribution in [3.05, 3.63) is 65.9 Å². The quantitative estimate of drug-likeness (QED) is 0.521. The molecular weight excluding hydrogens is 431 g/mol. The Bertz CT molecular complexity index is 1070. The number of nitrogens with zero attached hydrogens (tertiary/aromatic N) is 1. The maximum absolute atomic E-state index is 12.6. The maximum Gasteiger partial charge on any atom is 0.573 e. The van der Waals surface area contributed by atoms with Gasteiger partial charge in [0, 0.05) is 18.7 Å². The molecule has 1 aliphatic heterocycles. The number of nitrogens with one attached hydrogen (secondary N) is 1. The predicted molar refractivity (Wildman–Crippen MR) is 125 cm³/mol. The van der Waals surface area contributed by atoms with E-state index in [0.717, 1.165) is 23.4 Å². The van der Waals surface area contributed by atoms with Crippen LogP contribution >= 0.6 is 0 Å². The molecule has 1 aromatic heterocycles. The standard InChI is InChI=1S/C21H17F3N2O2.C2H7N.C2H6/c1-13-4-2-6-15(10-13)19-17(12-18-20(27)25-8-9-26(18)19)14-5-3-7-16(11-14)28-21(22,23)24;1-2-3;1-2/h2-7,10-12H,8-9H2,1H3,(H,25,27);2-3H2,1H3;1-2H3. The summed E-state index contributed by atoms with van der Waals surface area (Å²) in [5, 5.41) is 2.80. The number of benzene rings is 2. The fraction of sp³-hybridized carbons (Fsp3) is 0.320. The fourth-order valence-corrected chi connectivity index (χ4v) is 3.53. The van der Waals surface area contributed by atoms with Crippen molar-refractivity contribution in [1.29, 1.82) is 0 Å². The summed E-state index contributed by atoms with van der Waals surface area (Å²) in [6, 6.07) is 15.3. The van der Waals surface area contributed by atoms with Crippen LogP contribution in [0.25, 0.3) is 22.4 Å². The van der Waals surface area contributed by atoms with Crippen LogP contribution in [-0.4, -0.2) is 29.9 Å². The molecule has 0 spiro atoms. The van der Waals surface area contributed by atoms with Crippen LogP contribution in [0, 0.1) is 6.92 Å². The zero-order valence-corrected chi connectivity index (χ0v) is 19.3. The van der Waals surface area contributed by atoms with Crippen molar-refractivity contribution in [3.63, 3.8) is 0 Å². The van der Waals surface area contributed by atoms with E-state index in [9.17, 15) is 18.0 Å². The summed E-state index contributed by atoms with van der Waals surface area (Å²) >= 11 is 0. The molecule has 0 radical (unpaired) electrons. The number of alkyl halides is 3. The molecule has 5 nitrogen and oxygen atoms in total. The van der Waals surface area contributed by atoms with Crippen LogP contribution in [0.5, 0.6) is 5.75 Å². The number of halogens is 3.